The van der Waals surface area contributed by atoms with Gasteiger partial charge >= 0.3 is 0 Å². The SMILES string of the molecule is CN(C)CCNCCC(=O)N1CCN(C/C=C/c2ccccc2)CC1. The maximum absolute atomic E-state index is 12.2. The molecule has 1 aromatic carbocycles. The predicted molar refractivity (Wildman–Crippen MR) is 105 cm³/mol. The molecular formula is C20H32N4O. The van der Waals surface area contributed by atoms with Gasteiger partial charge in [0, 0.05) is 58.8 Å². The Hall–Kier alpha value is -1.69. The minimum absolute atomic E-state index is 0.275. The maximum atomic E-state index is 12.2. The van der Waals surface area contributed by atoms with Crippen LogP contribution < -0.4 is 5.32 Å². The number of piperazine rings is 1. The van der Waals surface area contributed by atoms with E-state index < -0.39 is 0 Å². The summed E-state index contributed by atoms with van der Waals surface area (Å²) in [7, 11) is 4.11. The highest BCUT2D eigenvalue weighted by Crippen LogP contribution is 2.05. The molecule has 138 valence electrons. The summed E-state index contributed by atoms with van der Waals surface area (Å²) in [6.45, 7) is 7.25. The molecule has 5 nitrogen and oxygen atoms in total. The van der Waals surface area contributed by atoms with Crippen LogP contribution in [-0.2, 0) is 4.79 Å². The van der Waals surface area contributed by atoms with Gasteiger partial charge in [0.15, 0.2) is 0 Å². The number of carbonyl (C=O) groups excluding carboxylic acids is 1. The largest absolute Gasteiger partial charge is 0.340 e. The van der Waals surface area contributed by atoms with E-state index in [4.69, 9.17) is 0 Å². The van der Waals surface area contributed by atoms with Crippen molar-refractivity contribution in [1.82, 2.24) is 20.0 Å². The van der Waals surface area contributed by atoms with E-state index in [1.54, 1.807) is 0 Å². The summed E-state index contributed by atoms with van der Waals surface area (Å²) >= 11 is 0. The van der Waals surface area contributed by atoms with E-state index in [1.807, 2.05) is 11.0 Å². The van der Waals surface area contributed by atoms with Gasteiger partial charge in [-0.1, -0.05) is 42.5 Å². The van der Waals surface area contributed by atoms with Gasteiger partial charge in [0.2, 0.25) is 5.91 Å². The van der Waals surface area contributed by atoms with Crippen LogP contribution in [0.4, 0.5) is 0 Å². The smallest absolute Gasteiger partial charge is 0.223 e. The molecule has 5 heteroatoms. The Kier molecular flexibility index (Phi) is 8.66. The van der Waals surface area contributed by atoms with E-state index in [9.17, 15) is 4.79 Å². The van der Waals surface area contributed by atoms with E-state index in [2.05, 4.69) is 65.6 Å². The highest BCUT2D eigenvalue weighted by molar-refractivity contribution is 5.76. The summed E-state index contributed by atoms with van der Waals surface area (Å²) in [6, 6.07) is 10.4. The zero-order valence-corrected chi connectivity index (χ0v) is 15.7. The third-order valence-electron chi connectivity index (χ3n) is 4.45. The molecule has 1 N–H and O–H groups in total. The van der Waals surface area contributed by atoms with Gasteiger partial charge in [0.25, 0.3) is 0 Å². The van der Waals surface area contributed by atoms with E-state index >= 15 is 0 Å². The Morgan fingerprint density at radius 2 is 1.84 bits per heavy atom. The van der Waals surface area contributed by atoms with Crippen LogP contribution in [0.5, 0.6) is 0 Å². The maximum Gasteiger partial charge on any atom is 0.223 e. The van der Waals surface area contributed by atoms with Crippen molar-refractivity contribution in [1.29, 1.82) is 0 Å². The Labute approximate surface area is 152 Å². The van der Waals surface area contributed by atoms with Crippen LogP contribution in [-0.4, -0.2) is 87.1 Å². The Bertz CT molecular complexity index is 522. The lowest BCUT2D eigenvalue weighted by atomic mass is 10.2. The Balaban J connectivity index is 1.59. The van der Waals surface area contributed by atoms with Gasteiger partial charge in [-0.15, -0.1) is 0 Å². The number of nitrogens with one attached hydrogen (secondary N) is 1. The van der Waals surface area contributed by atoms with Crippen molar-refractivity contribution in [2.24, 2.45) is 0 Å². The minimum Gasteiger partial charge on any atom is -0.340 e. The molecule has 0 spiro atoms. The lowest BCUT2D eigenvalue weighted by Gasteiger charge is -2.34. The fraction of sp³-hybridized carbons (Fsp3) is 0.550. The standard InChI is InChI=1S/C20H32N4O/c1-22(2)14-12-21-11-10-20(25)24-17-15-23(16-18-24)13-6-9-19-7-4-3-5-8-19/h3-9,21H,10-18H2,1-2H3/b9-6+. The van der Waals surface area contributed by atoms with Gasteiger partial charge in [-0.05, 0) is 19.7 Å². The number of carbonyl (C=O) groups is 1. The molecule has 1 aliphatic heterocycles. The van der Waals surface area contributed by atoms with Gasteiger partial charge in [-0.25, -0.2) is 0 Å². The van der Waals surface area contributed by atoms with E-state index in [-0.39, 0.29) is 5.91 Å². The van der Waals surface area contributed by atoms with Crippen molar-refractivity contribution in [2.45, 2.75) is 6.42 Å². The van der Waals surface area contributed by atoms with E-state index in [0.29, 0.717) is 6.42 Å². The summed E-state index contributed by atoms with van der Waals surface area (Å²) in [4.78, 5) is 18.8. The van der Waals surface area contributed by atoms with E-state index in [1.165, 1.54) is 5.56 Å². The number of hydrogen-bond acceptors (Lipinski definition) is 4. The number of nitrogens with zero attached hydrogens (tertiary/aromatic N) is 3. The number of benzene rings is 1. The highest BCUT2D eigenvalue weighted by atomic mass is 16.2. The molecule has 0 unspecified atom stereocenters. The van der Waals surface area contributed by atoms with Crippen molar-refractivity contribution in [3.05, 3.63) is 42.0 Å². The first kappa shape index (κ1) is 19.6. The molecule has 0 aromatic heterocycles. The zero-order valence-electron chi connectivity index (χ0n) is 15.7. The average molecular weight is 345 g/mol. The molecule has 1 heterocycles. The van der Waals surface area contributed by atoms with Gasteiger partial charge in [0.1, 0.15) is 0 Å². The summed E-state index contributed by atoms with van der Waals surface area (Å²) in [5.74, 6) is 0.275. The van der Waals surface area contributed by atoms with Gasteiger partial charge in [-0.3, -0.25) is 9.69 Å². The van der Waals surface area contributed by atoms with Crippen molar-refractivity contribution >= 4 is 12.0 Å². The lowest BCUT2D eigenvalue weighted by molar-refractivity contribution is -0.132. The number of amides is 1. The normalized spacial score (nSPS) is 16.0. The topological polar surface area (TPSA) is 38.8 Å². The van der Waals surface area contributed by atoms with Crippen LogP contribution in [0.15, 0.2) is 36.4 Å². The molecule has 2 rings (SSSR count). The molecule has 0 atom stereocenters. The second-order valence-corrected chi connectivity index (χ2v) is 6.80. The van der Waals surface area contributed by atoms with Gasteiger partial charge in [0.05, 0.1) is 0 Å². The third kappa shape index (κ3) is 7.82. The first-order valence-electron chi connectivity index (χ1n) is 9.22. The fourth-order valence-corrected chi connectivity index (χ4v) is 2.86. The van der Waals surface area contributed by atoms with Crippen molar-refractivity contribution in [2.75, 3.05) is 66.5 Å². The molecule has 0 aliphatic carbocycles. The highest BCUT2D eigenvalue weighted by Gasteiger charge is 2.19. The van der Waals surface area contributed by atoms with Crippen molar-refractivity contribution < 1.29 is 4.79 Å². The molecule has 25 heavy (non-hydrogen) atoms. The van der Waals surface area contributed by atoms with Crippen LogP contribution >= 0.6 is 0 Å². The third-order valence-corrected chi connectivity index (χ3v) is 4.45. The molecule has 1 amide bonds. The predicted octanol–water partition coefficient (Wildman–Crippen LogP) is 1.39. The molecule has 1 fully saturated rings. The molecule has 0 saturated carbocycles. The monoisotopic (exact) mass is 344 g/mol. The zero-order chi connectivity index (χ0) is 17.9. The summed E-state index contributed by atoms with van der Waals surface area (Å²) < 4.78 is 0. The molecule has 0 radical (unpaired) electrons. The minimum atomic E-state index is 0.275. The van der Waals surface area contributed by atoms with Crippen LogP contribution in [0.1, 0.15) is 12.0 Å². The fourth-order valence-electron chi connectivity index (χ4n) is 2.86. The van der Waals surface area contributed by atoms with Crippen LogP contribution in [0.2, 0.25) is 0 Å². The van der Waals surface area contributed by atoms with E-state index in [0.717, 1.165) is 52.4 Å². The number of hydrogen-bond donors (Lipinski definition) is 1. The summed E-state index contributed by atoms with van der Waals surface area (Å²) in [5, 5.41) is 3.33. The quantitative estimate of drug-likeness (QED) is 0.687. The summed E-state index contributed by atoms with van der Waals surface area (Å²) in [6.07, 6.45) is 4.97. The second-order valence-electron chi connectivity index (χ2n) is 6.80. The second kappa shape index (κ2) is 11.0. The first-order valence-corrected chi connectivity index (χ1v) is 9.22. The Morgan fingerprint density at radius 1 is 1.12 bits per heavy atom. The van der Waals surface area contributed by atoms with Crippen LogP contribution in [0.25, 0.3) is 6.08 Å². The van der Waals surface area contributed by atoms with Crippen LogP contribution in [0.3, 0.4) is 0 Å². The number of rotatable bonds is 9. The van der Waals surface area contributed by atoms with Crippen molar-refractivity contribution in [3.8, 4) is 0 Å². The molecule has 1 aromatic rings. The molecule has 1 aliphatic rings. The molecular weight excluding hydrogens is 312 g/mol. The summed E-state index contributed by atoms with van der Waals surface area (Å²) in [5.41, 5.74) is 1.23. The molecule has 1 saturated heterocycles. The van der Waals surface area contributed by atoms with Gasteiger partial charge < -0.3 is 15.1 Å². The molecule has 0 bridgehead atoms. The van der Waals surface area contributed by atoms with Crippen LogP contribution in [0, 0.1) is 0 Å². The first-order chi connectivity index (χ1) is 12.1. The van der Waals surface area contributed by atoms with Gasteiger partial charge in [-0.2, -0.15) is 0 Å². The van der Waals surface area contributed by atoms with Crippen molar-refractivity contribution in [3.63, 3.8) is 0 Å². The lowest BCUT2D eigenvalue weighted by Crippen LogP contribution is -2.49. The average Bonchev–Trinajstić information content (AvgIpc) is 2.62. The number of likely N-dealkylation sites (N-methyl/N-ethyl adjacent to an activating group) is 1. The Morgan fingerprint density at radius 3 is 2.52 bits per heavy atom.